The van der Waals surface area contributed by atoms with Crippen LogP contribution < -0.4 is 0 Å². The van der Waals surface area contributed by atoms with Gasteiger partial charge in [-0.2, -0.15) is 0 Å². The van der Waals surface area contributed by atoms with E-state index in [2.05, 4.69) is 4.57 Å². The van der Waals surface area contributed by atoms with Crippen molar-refractivity contribution in [2.24, 2.45) is 0 Å². The number of carbonyl (C=O) groups is 1. The van der Waals surface area contributed by atoms with Crippen molar-refractivity contribution < 1.29 is 9.90 Å². The molecule has 1 aromatic heterocycles. The van der Waals surface area contributed by atoms with Crippen LogP contribution >= 0.6 is 0 Å². The Balaban J connectivity index is 2.92. The monoisotopic (exact) mass is 217 g/mol. The van der Waals surface area contributed by atoms with Gasteiger partial charge < -0.3 is 9.67 Å². The Morgan fingerprint density at radius 3 is 2.69 bits per heavy atom. The summed E-state index contributed by atoms with van der Waals surface area (Å²) in [6.07, 6.45) is 0. The van der Waals surface area contributed by atoms with Crippen LogP contribution in [0.2, 0.25) is 0 Å². The molecule has 0 atom stereocenters. The van der Waals surface area contributed by atoms with Crippen LogP contribution in [0.4, 0.5) is 0 Å². The van der Waals surface area contributed by atoms with Crippen molar-refractivity contribution >= 4 is 16.7 Å². The molecule has 0 saturated heterocycles. The van der Waals surface area contributed by atoms with Crippen LogP contribution in [0.5, 0.6) is 5.75 Å². The van der Waals surface area contributed by atoms with Crippen LogP contribution in [0.1, 0.15) is 29.9 Å². The van der Waals surface area contributed by atoms with Crippen molar-refractivity contribution in [3.8, 4) is 5.75 Å². The van der Waals surface area contributed by atoms with Gasteiger partial charge in [0.2, 0.25) is 0 Å². The number of Topliss-reactive ketones (excluding diaryl/α,β-unsaturated/α-hetero) is 1. The minimum absolute atomic E-state index is 0.0419. The first-order valence-electron chi connectivity index (χ1n) is 5.39. The van der Waals surface area contributed by atoms with E-state index in [1.165, 1.54) is 0 Å². The molecule has 84 valence electrons. The van der Waals surface area contributed by atoms with Crippen LogP contribution in [0.25, 0.3) is 10.9 Å². The lowest BCUT2D eigenvalue weighted by Crippen LogP contribution is -1.99. The van der Waals surface area contributed by atoms with E-state index in [-0.39, 0.29) is 11.5 Å². The maximum absolute atomic E-state index is 11.6. The van der Waals surface area contributed by atoms with Crippen molar-refractivity contribution in [3.05, 3.63) is 29.5 Å². The molecule has 1 N–H and O–H groups in total. The molecule has 1 aromatic carbocycles. The molecule has 0 aliphatic rings. The Morgan fingerprint density at radius 2 is 2.12 bits per heavy atom. The highest BCUT2D eigenvalue weighted by molar-refractivity contribution is 6.08. The predicted molar refractivity (Wildman–Crippen MR) is 64.0 cm³/mol. The second-order valence-corrected chi connectivity index (χ2v) is 3.96. The average Bonchev–Trinajstić information content (AvgIpc) is 2.48. The summed E-state index contributed by atoms with van der Waals surface area (Å²) in [7, 11) is 0. The Bertz CT molecular complexity index is 567. The van der Waals surface area contributed by atoms with Crippen LogP contribution in [0.3, 0.4) is 0 Å². The molecule has 0 spiro atoms. The first-order valence-corrected chi connectivity index (χ1v) is 5.39. The molecule has 1 heterocycles. The summed E-state index contributed by atoms with van der Waals surface area (Å²) in [5.74, 6) is 0.239. The Hall–Kier alpha value is -1.77. The molecule has 0 amide bonds. The van der Waals surface area contributed by atoms with Crippen molar-refractivity contribution in [3.63, 3.8) is 0 Å². The number of ketones is 1. The Kier molecular flexibility index (Phi) is 2.46. The fraction of sp³-hybridized carbons (Fsp3) is 0.308. The number of aromatic hydroxyl groups is 1. The van der Waals surface area contributed by atoms with Gasteiger partial charge in [0.25, 0.3) is 0 Å². The summed E-state index contributed by atoms with van der Waals surface area (Å²) in [5.41, 5.74) is 2.69. The van der Waals surface area contributed by atoms with Gasteiger partial charge in [-0.25, -0.2) is 0 Å². The molecule has 0 bridgehead atoms. The number of aryl methyl sites for hydroxylation is 1. The lowest BCUT2D eigenvalue weighted by Gasteiger charge is -2.03. The molecule has 2 aromatic rings. The normalized spacial score (nSPS) is 10.9. The smallest absolute Gasteiger partial charge is 0.162 e. The third-order valence-corrected chi connectivity index (χ3v) is 2.98. The molecule has 0 saturated carbocycles. The van der Waals surface area contributed by atoms with Gasteiger partial charge in [-0.3, -0.25) is 4.79 Å². The first kappa shape index (κ1) is 10.7. The largest absolute Gasteiger partial charge is 0.508 e. The molecule has 0 unspecified atom stereocenters. The van der Waals surface area contributed by atoms with Crippen molar-refractivity contribution in [2.75, 3.05) is 0 Å². The van der Waals surface area contributed by atoms with Gasteiger partial charge in [0, 0.05) is 28.7 Å². The van der Waals surface area contributed by atoms with Gasteiger partial charge in [0.05, 0.1) is 0 Å². The third-order valence-electron chi connectivity index (χ3n) is 2.98. The van der Waals surface area contributed by atoms with Crippen molar-refractivity contribution in [2.45, 2.75) is 27.3 Å². The van der Waals surface area contributed by atoms with Gasteiger partial charge in [-0.15, -0.1) is 0 Å². The second kappa shape index (κ2) is 3.67. The van der Waals surface area contributed by atoms with Crippen LogP contribution in [-0.4, -0.2) is 15.5 Å². The van der Waals surface area contributed by atoms with Gasteiger partial charge >= 0.3 is 0 Å². The summed E-state index contributed by atoms with van der Waals surface area (Å²) in [6.45, 7) is 6.37. The fourth-order valence-corrected chi connectivity index (χ4v) is 2.32. The Morgan fingerprint density at radius 1 is 1.44 bits per heavy atom. The summed E-state index contributed by atoms with van der Waals surface area (Å²) in [6, 6.07) is 5.16. The number of rotatable bonds is 2. The fourth-order valence-electron chi connectivity index (χ4n) is 2.32. The lowest BCUT2D eigenvalue weighted by atomic mass is 10.1. The molecule has 3 heteroatoms. The number of hydrogen-bond acceptors (Lipinski definition) is 2. The van der Waals surface area contributed by atoms with E-state index in [9.17, 15) is 9.90 Å². The highest BCUT2D eigenvalue weighted by Crippen LogP contribution is 2.29. The van der Waals surface area contributed by atoms with Crippen molar-refractivity contribution in [1.29, 1.82) is 0 Å². The molecular weight excluding hydrogens is 202 g/mol. The number of hydrogen-bond donors (Lipinski definition) is 1. The third kappa shape index (κ3) is 1.40. The van der Waals surface area contributed by atoms with Gasteiger partial charge in [-0.1, -0.05) is 0 Å². The molecule has 2 rings (SSSR count). The summed E-state index contributed by atoms with van der Waals surface area (Å²) < 4.78 is 2.09. The zero-order chi connectivity index (χ0) is 11.9. The van der Waals surface area contributed by atoms with Crippen LogP contribution in [0.15, 0.2) is 18.2 Å². The van der Waals surface area contributed by atoms with Crippen LogP contribution in [-0.2, 0) is 6.54 Å². The summed E-state index contributed by atoms with van der Waals surface area (Å²) in [5, 5.41) is 10.3. The second-order valence-electron chi connectivity index (χ2n) is 3.96. The molecular formula is C13H15NO2. The first-order chi connectivity index (χ1) is 7.56. The maximum Gasteiger partial charge on any atom is 0.162 e. The standard InChI is InChI=1S/C13H15NO2/c1-4-14-8(2)13(9(3)15)11-7-10(16)5-6-12(11)14/h5-7,16H,4H2,1-3H3. The highest BCUT2D eigenvalue weighted by atomic mass is 16.3. The molecule has 0 radical (unpaired) electrons. The number of nitrogens with zero attached hydrogens (tertiary/aromatic N) is 1. The van der Waals surface area contributed by atoms with Gasteiger partial charge in [0.1, 0.15) is 5.75 Å². The van der Waals surface area contributed by atoms with E-state index in [1.807, 2.05) is 19.9 Å². The number of aromatic nitrogens is 1. The maximum atomic E-state index is 11.6. The topological polar surface area (TPSA) is 42.2 Å². The molecule has 3 nitrogen and oxygen atoms in total. The number of carbonyl (C=O) groups excluding carboxylic acids is 1. The van der Waals surface area contributed by atoms with E-state index >= 15 is 0 Å². The van der Waals surface area contributed by atoms with E-state index in [1.54, 1.807) is 19.1 Å². The molecule has 0 aliphatic heterocycles. The molecule has 16 heavy (non-hydrogen) atoms. The number of phenols is 1. The predicted octanol–water partition coefficient (Wildman–Crippen LogP) is 2.88. The summed E-state index contributed by atoms with van der Waals surface area (Å²) in [4.78, 5) is 11.6. The lowest BCUT2D eigenvalue weighted by molar-refractivity contribution is 0.101. The van der Waals surface area contributed by atoms with E-state index in [4.69, 9.17) is 0 Å². The van der Waals surface area contributed by atoms with Crippen molar-refractivity contribution in [1.82, 2.24) is 4.57 Å². The van der Waals surface area contributed by atoms with Crippen LogP contribution in [0, 0.1) is 6.92 Å². The number of phenolic OH excluding ortho intramolecular Hbond substituents is 1. The Labute approximate surface area is 94.3 Å². The minimum Gasteiger partial charge on any atom is -0.508 e. The van der Waals surface area contributed by atoms with E-state index < -0.39 is 0 Å². The minimum atomic E-state index is 0.0419. The highest BCUT2D eigenvalue weighted by Gasteiger charge is 2.16. The molecule has 0 aliphatic carbocycles. The van der Waals surface area contributed by atoms with E-state index in [0.29, 0.717) is 5.56 Å². The van der Waals surface area contributed by atoms with Gasteiger partial charge in [-0.05, 0) is 39.0 Å². The number of fused-ring (bicyclic) bond motifs is 1. The number of benzene rings is 1. The zero-order valence-corrected chi connectivity index (χ0v) is 9.74. The van der Waals surface area contributed by atoms with Gasteiger partial charge in [0.15, 0.2) is 5.78 Å². The summed E-state index contributed by atoms with van der Waals surface area (Å²) >= 11 is 0. The SMILES string of the molecule is CCn1c(C)c(C(C)=O)c2cc(O)ccc21. The van der Waals surface area contributed by atoms with E-state index in [0.717, 1.165) is 23.1 Å². The quantitative estimate of drug-likeness (QED) is 0.786. The average molecular weight is 217 g/mol. The molecule has 0 fully saturated rings. The zero-order valence-electron chi connectivity index (χ0n) is 9.74.